The van der Waals surface area contributed by atoms with Crippen molar-refractivity contribution in [2.24, 2.45) is 11.8 Å². The SMILES string of the molecule is CC(C)COC(=O)N1CCC(N[C@@H]2C=C[C@H](CO)C2)CC1. The Hall–Kier alpha value is -1.07. The van der Waals surface area contributed by atoms with Crippen LogP contribution in [0.1, 0.15) is 33.1 Å². The third-order valence-electron chi connectivity index (χ3n) is 4.15. The summed E-state index contributed by atoms with van der Waals surface area (Å²) in [6, 6.07) is 0.817. The summed E-state index contributed by atoms with van der Waals surface area (Å²) in [5.74, 6) is 0.676. The predicted molar refractivity (Wildman–Crippen MR) is 82.0 cm³/mol. The Kier molecular flexibility index (Phi) is 6.06. The van der Waals surface area contributed by atoms with Gasteiger partial charge in [0.25, 0.3) is 0 Å². The molecule has 1 aliphatic carbocycles. The summed E-state index contributed by atoms with van der Waals surface area (Å²) < 4.78 is 5.27. The van der Waals surface area contributed by atoms with E-state index in [1.165, 1.54) is 0 Å². The molecule has 0 unspecified atom stereocenters. The summed E-state index contributed by atoms with van der Waals surface area (Å²) in [6.45, 7) is 6.32. The van der Waals surface area contributed by atoms with Crippen LogP contribution < -0.4 is 5.32 Å². The second-order valence-corrected chi connectivity index (χ2v) is 6.57. The molecule has 2 atom stereocenters. The van der Waals surface area contributed by atoms with Crippen LogP contribution in [0.4, 0.5) is 4.79 Å². The maximum atomic E-state index is 11.9. The normalized spacial score (nSPS) is 26.6. The van der Waals surface area contributed by atoms with Gasteiger partial charge in [-0.3, -0.25) is 0 Å². The lowest BCUT2D eigenvalue weighted by molar-refractivity contribution is 0.0813. The molecule has 1 aliphatic heterocycles. The summed E-state index contributed by atoms with van der Waals surface area (Å²) in [5.41, 5.74) is 0. The first-order valence-corrected chi connectivity index (χ1v) is 8.05. The average molecular weight is 296 g/mol. The Morgan fingerprint density at radius 2 is 2.10 bits per heavy atom. The molecule has 5 heteroatoms. The number of rotatable bonds is 5. The number of amides is 1. The minimum absolute atomic E-state index is 0.178. The van der Waals surface area contributed by atoms with Crippen molar-refractivity contribution in [1.82, 2.24) is 10.2 Å². The number of likely N-dealkylation sites (tertiary alicyclic amines) is 1. The number of carbonyl (C=O) groups is 1. The van der Waals surface area contributed by atoms with Gasteiger partial charge in [0.2, 0.25) is 0 Å². The third-order valence-corrected chi connectivity index (χ3v) is 4.15. The monoisotopic (exact) mass is 296 g/mol. The summed E-state index contributed by atoms with van der Waals surface area (Å²) in [7, 11) is 0. The molecule has 1 heterocycles. The first kappa shape index (κ1) is 16.3. The van der Waals surface area contributed by atoms with Crippen LogP contribution in [0.15, 0.2) is 12.2 Å². The molecule has 0 aromatic carbocycles. The Morgan fingerprint density at radius 3 is 2.67 bits per heavy atom. The van der Waals surface area contributed by atoms with Crippen molar-refractivity contribution in [3.63, 3.8) is 0 Å². The van der Waals surface area contributed by atoms with E-state index in [2.05, 4.69) is 17.5 Å². The summed E-state index contributed by atoms with van der Waals surface area (Å²) >= 11 is 0. The van der Waals surface area contributed by atoms with Gasteiger partial charge in [0.05, 0.1) is 6.61 Å². The van der Waals surface area contributed by atoms with Crippen molar-refractivity contribution in [2.75, 3.05) is 26.3 Å². The Labute approximate surface area is 127 Å². The van der Waals surface area contributed by atoms with Gasteiger partial charge in [-0.15, -0.1) is 0 Å². The molecule has 120 valence electrons. The van der Waals surface area contributed by atoms with E-state index in [0.29, 0.717) is 30.5 Å². The molecule has 2 aliphatic rings. The lowest BCUT2D eigenvalue weighted by atomic mass is 10.0. The first-order chi connectivity index (χ1) is 10.1. The molecule has 0 radical (unpaired) electrons. The molecule has 2 N–H and O–H groups in total. The molecule has 1 saturated heterocycles. The number of aliphatic hydroxyl groups excluding tert-OH is 1. The molecule has 0 saturated carbocycles. The molecule has 5 nitrogen and oxygen atoms in total. The lowest BCUT2D eigenvalue weighted by Gasteiger charge is -2.33. The molecule has 0 aromatic heterocycles. The molecule has 2 rings (SSSR count). The van der Waals surface area contributed by atoms with Crippen molar-refractivity contribution in [3.8, 4) is 0 Å². The maximum Gasteiger partial charge on any atom is 0.409 e. The molecular formula is C16H28N2O3. The van der Waals surface area contributed by atoms with E-state index in [1.807, 2.05) is 18.7 Å². The number of piperidine rings is 1. The van der Waals surface area contributed by atoms with E-state index in [4.69, 9.17) is 9.84 Å². The third kappa shape index (κ3) is 5.00. The van der Waals surface area contributed by atoms with Crippen LogP contribution in [0.2, 0.25) is 0 Å². The van der Waals surface area contributed by atoms with E-state index in [1.54, 1.807) is 0 Å². The van der Waals surface area contributed by atoms with Gasteiger partial charge in [-0.2, -0.15) is 0 Å². The molecule has 0 aromatic rings. The van der Waals surface area contributed by atoms with Crippen molar-refractivity contribution in [2.45, 2.75) is 45.2 Å². The number of aliphatic hydroxyl groups is 1. The Bertz CT molecular complexity index is 363. The highest BCUT2D eigenvalue weighted by Gasteiger charge is 2.26. The molecule has 21 heavy (non-hydrogen) atoms. The zero-order valence-electron chi connectivity index (χ0n) is 13.1. The zero-order chi connectivity index (χ0) is 15.2. The first-order valence-electron chi connectivity index (χ1n) is 8.05. The zero-order valence-corrected chi connectivity index (χ0v) is 13.1. The summed E-state index contributed by atoms with van der Waals surface area (Å²) in [4.78, 5) is 13.7. The number of nitrogens with zero attached hydrogens (tertiary/aromatic N) is 1. The van der Waals surface area contributed by atoms with E-state index in [9.17, 15) is 4.79 Å². The van der Waals surface area contributed by atoms with Gasteiger partial charge in [0.15, 0.2) is 0 Å². The minimum atomic E-state index is -0.178. The fourth-order valence-electron chi connectivity index (χ4n) is 2.89. The van der Waals surface area contributed by atoms with Gasteiger partial charge in [0.1, 0.15) is 0 Å². The highest BCUT2D eigenvalue weighted by atomic mass is 16.6. The van der Waals surface area contributed by atoms with Gasteiger partial charge >= 0.3 is 6.09 Å². The van der Waals surface area contributed by atoms with Gasteiger partial charge in [-0.1, -0.05) is 26.0 Å². The number of ether oxygens (including phenoxy) is 1. The smallest absolute Gasteiger partial charge is 0.409 e. The number of hydrogen-bond acceptors (Lipinski definition) is 4. The number of nitrogens with one attached hydrogen (secondary N) is 1. The Morgan fingerprint density at radius 1 is 1.38 bits per heavy atom. The average Bonchev–Trinajstić information content (AvgIpc) is 2.93. The quantitative estimate of drug-likeness (QED) is 0.759. The Balaban J connectivity index is 1.66. The fraction of sp³-hybridized carbons (Fsp3) is 0.812. The minimum Gasteiger partial charge on any atom is -0.449 e. The number of carbonyl (C=O) groups excluding carboxylic acids is 1. The van der Waals surface area contributed by atoms with Gasteiger partial charge in [0, 0.05) is 37.7 Å². The number of hydrogen-bond donors (Lipinski definition) is 2. The van der Waals surface area contributed by atoms with E-state index < -0.39 is 0 Å². The molecular weight excluding hydrogens is 268 g/mol. The van der Waals surface area contributed by atoms with Crippen LogP contribution in [-0.4, -0.2) is 54.5 Å². The molecule has 1 amide bonds. The largest absolute Gasteiger partial charge is 0.449 e. The van der Waals surface area contributed by atoms with Crippen molar-refractivity contribution in [3.05, 3.63) is 12.2 Å². The second kappa shape index (κ2) is 7.80. The summed E-state index contributed by atoms with van der Waals surface area (Å²) in [6.07, 6.45) is 6.98. The van der Waals surface area contributed by atoms with Gasteiger partial charge in [-0.05, 0) is 25.2 Å². The maximum absolute atomic E-state index is 11.9. The second-order valence-electron chi connectivity index (χ2n) is 6.57. The lowest BCUT2D eigenvalue weighted by Crippen LogP contribution is -2.47. The van der Waals surface area contributed by atoms with Gasteiger partial charge < -0.3 is 20.1 Å². The fourth-order valence-corrected chi connectivity index (χ4v) is 2.89. The van der Waals surface area contributed by atoms with Gasteiger partial charge in [-0.25, -0.2) is 4.79 Å². The standard InChI is InChI=1S/C16H28N2O3/c1-12(2)11-21-16(20)18-7-5-14(6-8-18)17-15-4-3-13(9-15)10-19/h3-4,12-15,17,19H,5-11H2,1-2H3/t13-,15+/m0/s1. The van der Waals surface area contributed by atoms with E-state index in [-0.39, 0.29) is 12.7 Å². The van der Waals surface area contributed by atoms with Crippen LogP contribution in [0.5, 0.6) is 0 Å². The van der Waals surface area contributed by atoms with E-state index in [0.717, 1.165) is 32.4 Å². The van der Waals surface area contributed by atoms with Crippen LogP contribution >= 0.6 is 0 Å². The molecule has 1 fully saturated rings. The molecule has 0 bridgehead atoms. The topological polar surface area (TPSA) is 61.8 Å². The molecule has 0 spiro atoms. The summed E-state index contributed by atoms with van der Waals surface area (Å²) in [5, 5.41) is 12.8. The van der Waals surface area contributed by atoms with Crippen LogP contribution in [0, 0.1) is 11.8 Å². The van der Waals surface area contributed by atoms with Crippen molar-refractivity contribution < 1.29 is 14.6 Å². The highest BCUT2D eigenvalue weighted by Crippen LogP contribution is 2.20. The van der Waals surface area contributed by atoms with Crippen molar-refractivity contribution >= 4 is 6.09 Å². The van der Waals surface area contributed by atoms with Crippen LogP contribution in [0.3, 0.4) is 0 Å². The van der Waals surface area contributed by atoms with Crippen molar-refractivity contribution in [1.29, 1.82) is 0 Å². The van der Waals surface area contributed by atoms with Crippen LogP contribution in [0.25, 0.3) is 0 Å². The highest BCUT2D eigenvalue weighted by molar-refractivity contribution is 5.67. The van der Waals surface area contributed by atoms with E-state index >= 15 is 0 Å². The van der Waals surface area contributed by atoms with Crippen LogP contribution in [-0.2, 0) is 4.74 Å². The predicted octanol–water partition coefficient (Wildman–Crippen LogP) is 1.77.